The van der Waals surface area contributed by atoms with Crippen LogP contribution in [-0.2, 0) is 11.3 Å². The molecule has 1 heterocycles. The molecule has 8 heteroatoms. The van der Waals surface area contributed by atoms with Crippen LogP contribution in [0.2, 0.25) is 0 Å². The van der Waals surface area contributed by atoms with Crippen molar-refractivity contribution in [2.24, 2.45) is 16.8 Å². The number of hydrogen-bond acceptors (Lipinski definition) is 4. The highest BCUT2D eigenvalue weighted by atomic mass is 127. The topological polar surface area (TPSA) is 87.6 Å². The number of ether oxygens (including phenoxy) is 1. The van der Waals surface area contributed by atoms with Crippen molar-refractivity contribution >= 4 is 35.8 Å². The summed E-state index contributed by atoms with van der Waals surface area (Å²) in [7, 11) is 1.78. The van der Waals surface area contributed by atoms with E-state index in [0.717, 1.165) is 56.5 Å². The Morgan fingerprint density at radius 3 is 2.66 bits per heavy atom. The van der Waals surface area contributed by atoms with Gasteiger partial charge in [-0.25, -0.2) is 4.98 Å². The van der Waals surface area contributed by atoms with Crippen LogP contribution in [0.4, 0.5) is 0 Å². The summed E-state index contributed by atoms with van der Waals surface area (Å²) in [6.07, 6.45) is 9.17. The average molecular weight is 558 g/mol. The minimum atomic E-state index is 0. The molecule has 7 nitrogen and oxygen atoms in total. The van der Waals surface area contributed by atoms with Gasteiger partial charge in [0.2, 0.25) is 11.8 Å². The fourth-order valence-electron chi connectivity index (χ4n) is 4.22. The van der Waals surface area contributed by atoms with Gasteiger partial charge >= 0.3 is 0 Å². The summed E-state index contributed by atoms with van der Waals surface area (Å²) in [4.78, 5) is 21.1. The van der Waals surface area contributed by atoms with Crippen LogP contribution in [0.3, 0.4) is 0 Å². The Labute approximate surface area is 210 Å². The molecule has 180 valence electrons. The number of nitrogens with zero attached hydrogens (tertiary/aromatic N) is 2. The van der Waals surface area contributed by atoms with Crippen molar-refractivity contribution in [1.29, 1.82) is 0 Å². The second kappa shape index (κ2) is 13.2. The molecule has 3 rings (SSSR count). The van der Waals surface area contributed by atoms with Gasteiger partial charge in [-0.3, -0.25) is 9.79 Å². The number of hydrogen-bond donors (Lipinski definition) is 3. The van der Waals surface area contributed by atoms with E-state index < -0.39 is 0 Å². The van der Waals surface area contributed by atoms with Gasteiger partial charge in [-0.15, -0.1) is 24.0 Å². The van der Waals surface area contributed by atoms with Gasteiger partial charge in [0.05, 0.1) is 6.10 Å². The lowest BCUT2D eigenvalue weighted by Gasteiger charge is -2.30. The Bertz CT molecular complexity index is 754. The van der Waals surface area contributed by atoms with E-state index in [9.17, 15) is 4.79 Å². The minimum Gasteiger partial charge on any atom is -0.475 e. The number of rotatable bonds is 9. The number of amides is 1. The first-order chi connectivity index (χ1) is 14.9. The fraction of sp³-hybridized carbons (Fsp3) is 0.708. The molecule has 2 saturated carbocycles. The predicted octanol–water partition coefficient (Wildman–Crippen LogP) is 4.02. The van der Waals surface area contributed by atoms with Gasteiger partial charge in [-0.1, -0.05) is 20.3 Å². The lowest BCUT2D eigenvalue weighted by Crippen LogP contribution is -2.47. The van der Waals surface area contributed by atoms with E-state index in [4.69, 9.17) is 4.74 Å². The first-order valence-electron chi connectivity index (χ1n) is 11.8. The maximum Gasteiger partial charge on any atom is 0.223 e. The number of pyridine rings is 1. The van der Waals surface area contributed by atoms with Crippen LogP contribution >= 0.6 is 24.0 Å². The smallest absolute Gasteiger partial charge is 0.223 e. The van der Waals surface area contributed by atoms with Crippen LogP contribution in [0.1, 0.15) is 71.3 Å². The summed E-state index contributed by atoms with van der Waals surface area (Å²) < 4.78 is 5.96. The van der Waals surface area contributed by atoms with Crippen LogP contribution in [0.15, 0.2) is 23.3 Å². The molecule has 0 spiro atoms. The zero-order valence-electron chi connectivity index (χ0n) is 19.9. The zero-order chi connectivity index (χ0) is 22.2. The highest BCUT2D eigenvalue weighted by molar-refractivity contribution is 14.0. The summed E-state index contributed by atoms with van der Waals surface area (Å²) in [5.41, 5.74) is 1.09. The number of guanidine groups is 1. The monoisotopic (exact) mass is 557 g/mol. The van der Waals surface area contributed by atoms with E-state index in [-0.39, 0.29) is 47.9 Å². The maximum atomic E-state index is 12.4. The highest BCUT2D eigenvalue weighted by Crippen LogP contribution is 2.26. The summed E-state index contributed by atoms with van der Waals surface area (Å²) in [5, 5.41) is 10.1. The van der Waals surface area contributed by atoms with E-state index in [2.05, 4.69) is 46.7 Å². The molecule has 1 aromatic heterocycles. The van der Waals surface area contributed by atoms with Gasteiger partial charge in [0.15, 0.2) is 5.96 Å². The van der Waals surface area contributed by atoms with Crippen LogP contribution < -0.4 is 20.7 Å². The Kier molecular flexibility index (Phi) is 11.0. The molecule has 2 fully saturated rings. The van der Waals surface area contributed by atoms with Crippen molar-refractivity contribution < 1.29 is 9.53 Å². The zero-order valence-corrected chi connectivity index (χ0v) is 22.2. The third-order valence-corrected chi connectivity index (χ3v) is 5.92. The SMILES string of the molecule is CN=C(NCc1ccnc(OC(C)CC(C)C)c1)NC1CCCC(C(=O)NC2CC2)C1.I. The van der Waals surface area contributed by atoms with Crippen molar-refractivity contribution in [2.75, 3.05) is 7.05 Å². The van der Waals surface area contributed by atoms with Gasteiger partial charge < -0.3 is 20.7 Å². The molecule has 1 aromatic rings. The quantitative estimate of drug-likeness (QED) is 0.243. The molecule has 0 radical (unpaired) electrons. The number of halogens is 1. The Balaban J connectivity index is 0.00000363. The molecular weight excluding hydrogens is 517 g/mol. The van der Waals surface area contributed by atoms with Gasteiger partial charge in [-0.05, 0) is 63.0 Å². The second-order valence-electron chi connectivity index (χ2n) is 9.47. The fourth-order valence-corrected chi connectivity index (χ4v) is 4.22. The van der Waals surface area contributed by atoms with Gasteiger partial charge in [0.1, 0.15) is 0 Å². The van der Waals surface area contributed by atoms with Crippen LogP contribution in [-0.4, -0.2) is 42.1 Å². The minimum absolute atomic E-state index is 0. The van der Waals surface area contributed by atoms with Crippen molar-refractivity contribution in [3.05, 3.63) is 23.9 Å². The first-order valence-corrected chi connectivity index (χ1v) is 11.8. The molecule has 0 saturated heterocycles. The molecule has 2 aliphatic rings. The number of aromatic nitrogens is 1. The first kappa shape index (κ1) is 26.7. The van der Waals surface area contributed by atoms with E-state index in [1.165, 1.54) is 0 Å². The largest absolute Gasteiger partial charge is 0.475 e. The van der Waals surface area contributed by atoms with E-state index in [0.29, 0.717) is 24.4 Å². The van der Waals surface area contributed by atoms with E-state index in [1.54, 1.807) is 13.2 Å². The number of carbonyl (C=O) groups is 1. The summed E-state index contributed by atoms with van der Waals surface area (Å²) >= 11 is 0. The standard InChI is InChI=1S/C24H39N5O2.HI/c1-16(2)12-17(3)31-22-13-18(10-11-26-22)15-27-24(25-4)29-21-7-5-6-19(14-21)23(30)28-20-8-9-20;/h10-11,13,16-17,19-21H,5-9,12,14-15H2,1-4H3,(H,28,30)(H2,25,27,29);1H. The molecule has 3 unspecified atom stereocenters. The second-order valence-corrected chi connectivity index (χ2v) is 9.47. The summed E-state index contributed by atoms with van der Waals surface area (Å²) in [6, 6.07) is 4.66. The Morgan fingerprint density at radius 1 is 1.19 bits per heavy atom. The van der Waals surface area contributed by atoms with Crippen LogP contribution in [0, 0.1) is 11.8 Å². The van der Waals surface area contributed by atoms with Crippen molar-refractivity contribution in [3.63, 3.8) is 0 Å². The predicted molar refractivity (Wildman–Crippen MR) is 139 cm³/mol. The number of carbonyl (C=O) groups excluding carboxylic acids is 1. The Hall–Kier alpha value is -1.58. The third kappa shape index (κ3) is 9.11. The molecule has 0 aromatic carbocycles. The number of aliphatic imine (C=N–C) groups is 1. The van der Waals surface area contributed by atoms with E-state index in [1.807, 2.05) is 12.1 Å². The van der Waals surface area contributed by atoms with Gasteiger partial charge in [0, 0.05) is 43.9 Å². The summed E-state index contributed by atoms with van der Waals surface area (Å²) in [5.74, 6) is 2.35. The highest BCUT2D eigenvalue weighted by Gasteiger charge is 2.31. The molecule has 3 atom stereocenters. The molecule has 2 aliphatic carbocycles. The normalized spacial score (nSPS) is 22.0. The van der Waals surface area contributed by atoms with Gasteiger partial charge in [0.25, 0.3) is 0 Å². The third-order valence-electron chi connectivity index (χ3n) is 5.92. The lowest BCUT2D eigenvalue weighted by molar-refractivity contribution is -0.126. The molecule has 0 bridgehead atoms. The molecule has 3 N–H and O–H groups in total. The average Bonchev–Trinajstić information content (AvgIpc) is 3.55. The van der Waals surface area contributed by atoms with Crippen molar-refractivity contribution in [2.45, 2.75) is 90.4 Å². The lowest BCUT2D eigenvalue weighted by atomic mass is 9.85. The molecular formula is C24H40IN5O2. The maximum absolute atomic E-state index is 12.4. The Morgan fingerprint density at radius 2 is 1.97 bits per heavy atom. The number of nitrogens with one attached hydrogen (secondary N) is 3. The molecule has 0 aliphatic heterocycles. The van der Waals surface area contributed by atoms with Crippen molar-refractivity contribution in [3.8, 4) is 5.88 Å². The van der Waals surface area contributed by atoms with Crippen molar-refractivity contribution in [1.82, 2.24) is 20.9 Å². The molecule has 32 heavy (non-hydrogen) atoms. The molecule has 1 amide bonds. The summed E-state index contributed by atoms with van der Waals surface area (Å²) in [6.45, 7) is 7.11. The van der Waals surface area contributed by atoms with E-state index >= 15 is 0 Å². The van der Waals surface area contributed by atoms with Crippen LogP contribution in [0.5, 0.6) is 5.88 Å². The van der Waals surface area contributed by atoms with Crippen LogP contribution in [0.25, 0.3) is 0 Å². The van der Waals surface area contributed by atoms with Gasteiger partial charge in [-0.2, -0.15) is 0 Å².